The number of aromatic nitrogens is 1. The van der Waals surface area contributed by atoms with E-state index in [9.17, 15) is 12.8 Å². The third-order valence-corrected chi connectivity index (χ3v) is 5.86. The summed E-state index contributed by atoms with van der Waals surface area (Å²) in [6.07, 6.45) is 4.58. The normalized spacial score (nSPS) is 11.6. The zero-order valence-electron chi connectivity index (χ0n) is 15.3. The first kappa shape index (κ1) is 19.8. The summed E-state index contributed by atoms with van der Waals surface area (Å²) in [6.45, 7) is -0.0807. The van der Waals surface area contributed by atoms with Crippen LogP contribution in [-0.2, 0) is 23.1 Å². The van der Waals surface area contributed by atoms with Crippen molar-refractivity contribution in [2.45, 2.75) is 18.0 Å². The average molecular weight is 406 g/mol. The molecule has 0 amide bonds. The van der Waals surface area contributed by atoms with Crippen LogP contribution >= 0.6 is 0 Å². The average Bonchev–Trinajstić information content (AvgIpc) is 3.21. The van der Waals surface area contributed by atoms with Crippen LogP contribution in [0.3, 0.4) is 0 Å². The number of nitrogens with zero attached hydrogens (tertiary/aromatic N) is 2. The summed E-state index contributed by atoms with van der Waals surface area (Å²) < 4.78 is 57.8. The van der Waals surface area contributed by atoms with E-state index in [0.717, 1.165) is 16.4 Å². The lowest BCUT2D eigenvalue weighted by Crippen LogP contribution is -2.31. The maximum absolute atomic E-state index is 14.6. The summed E-state index contributed by atoms with van der Waals surface area (Å²) in [7, 11) is -1.53. The fraction of sp³-hybridized carbons (Fsp3) is 0.211. The Morgan fingerprint density at radius 3 is 2.46 bits per heavy atom. The zero-order chi connectivity index (χ0) is 20.1. The lowest BCUT2D eigenvalue weighted by atomic mass is 10.3. The van der Waals surface area contributed by atoms with Crippen LogP contribution in [0.2, 0.25) is 0 Å². The summed E-state index contributed by atoms with van der Waals surface area (Å²) in [5.41, 5.74) is 0.651. The second-order valence-corrected chi connectivity index (χ2v) is 7.76. The van der Waals surface area contributed by atoms with Crippen molar-refractivity contribution in [3.8, 4) is 11.5 Å². The molecule has 2 aromatic heterocycles. The van der Waals surface area contributed by atoms with E-state index >= 15 is 0 Å². The SMILES string of the molecule is COc1cc(F)c(S(=O)(=O)N(Cc2cccnc2)Cc2ccco2)cc1OC. The predicted molar refractivity (Wildman–Crippen MR) is 98.9 cm³/mol. The van der Waals surface area contributed by atoms with Crippen molar-refractivity contribution in [2.24, 2.45) is 0 Å². The smallest absolute Gasteiger partial charge is 0.246 e. The van der Waals surface area contributed by atoms with Gasteiger partial charge in [0, 0.05) is 31.1 Å². The minimum Gasteiger partial charge on any atom is -0.493 e. The van der Waals surface area contributed by atoms with Gasteiger partial charge in [0.1, 0.15) is 16.5 Å². The van der Waals surface area contributed by atoms with Gasteiger partial charge in [0.25, 0.3) is 0 Å². The van der Waals surface area contributed by atoms with Gasteiger partial charge in [0.15, 0.2) is 11.5 Å². The summed E-state index contributed by atoms with van der Waals surface area (Å²) >= 11 is 0. The van der Waals surface area contributed by atoms with Crippen molar-refractivity contribution in [1.29, 1.82) is 0 Å². The Labute approximate surface area is 162 Å². The van der Waals surface area contributed by atoms with E-state index < -0.39 is 20.7 Å². The molecule has 0 spiro atoms. The predicted octanol–water partition coefficient (Wildman–Crippen LogP) is 3.22. The quantitative estimate of drug-likeness (QED) is 0.571. The maximum atomic E-state index is 14.6. The van der Waals surface area contributed by atoms with Crippen LogP contribution in [0, 0.1) is 5.82 Å². The van der Waals surface area contributed by atoms with Crippen LogP contribution in [0.25, 0.3) is 0 Å². The molecule has 0 unspecified atom stereocenters. The molecule has 3 rings (SSSR count). The van der Waals surface area contributed by atoms with Crippen molar-refractivity contribution in [2.75, 3.05) is 14.2 Å². The van der Waals surface area contributed by atoms with Crippen molar-refractivity contribution >= 4 is 10.0 Å². The first-order valence-electron chi connectivity index (χ1n) is 8.28. The molecule has 3 aromatic rings. The van der Waals surface area contributed by atoms with Crippen molar-refractivity contribution in [1.82, 2.24) is 9.29 Å². The lowest BCUT2D eigenvalue weighted by molar-refractivity contribution is 0.345. The Morgan fingerprint density at radius 1 is 1.11 bits per heavy atom. The van der Waals surface area contributed by atoms with E-state index in [0.29, 0.717) is 11.3 Å². The minimum atomic E-state index is -4.23. The van der Waals surface area contributed by atoms with E-state index in [4.69, 9.17) is 13.9 Å². The van der Waals surface area contributed by atoms with E-state index in [2.05, 4.69) is 4.98 Å². The Balaban J connectivity index is 2.04. The van der Waals surface area contributed by atoms with Gasteiger partial charge in [-0.25, -0.2) is 12.8 Å². The highest BCUT2D eigenvalue weighted by molar-refractivity contribution is 7.89. The van der Waals surface area contributed by atoms with Gasteiger partial charge in [-0.2, -0.15) is 4.31 Å². The minimum absolute atomic E-state index is 0.00927. The van der Waals surface area contributed by atoms with Crippen LogP contribution in [0.15, 0.2) is 64.4 Å². The molecule has 9 heteroatoms. The van der Waals surface area contributed by atoms with Crippen LogP contribution in [0.5, 0.6) is 11.5 Å². The summed E-state index contributed by atoms with van der Waals surface area (Å²) in [5.74, 6) is -0.299. The number of sulfonamides is 1. The van der Waals surface area contributed by atoms with Gasteiger partial charge in [-0.3, -0.25) is 4.98 Å². The summed E-state index contributed by atoms with van der Waals surface area (Å²) in [4.78, 5) is 3.49. The second kappa shape index (κ2) is 8.41. The first-order valence-corrected chi connectivity index (χ1v) is 9.72. The molecular weight excluding hydrogens is 387 g/mol. The molecule has 0 radical (unpaired) electrons. The van der Waals surface area contributed by atoms with Crippen molar-refractivity contribution in [3.63, 3.8) is 0 Å². The molecule has 0 N–H and O–H groups in total. The highest BCUT2D eigenvalue weighted by Gasteiger charge is 2.30. The lowest BCUT2D eigenvalue weighted by Gasteiger charge is -2.22. The number of pyridine rings is 1. The van der Waals surface area contributed by atoms with E-state index in [1.54, 1.807) is 36.7 Å². The summed E-state index contributed by atoms with van der Waals surface area (Å²) in [6, 6.07) is 8.84. The number of rotatable bonds is 8. The molecule has 7 nitrogen and oxygen atoms in total. The first-order chi connectivity index (χ1) is 13.5. The van der Waals surface area contributed by atoms with E-state index in [1.807, 2.05) is 0 Å². The molecule has 0 aliphatic rings. The van der Waals surface area contributed by atoms with Crippen molar-refractivity contribution < 1.29 is 26.7 Å². The standard InChI is InChI=1S/C19H19FN2O5S/c1-25-17-9-16(20)19(10-18(17)26-2)28(23,24)22(13-15-6-4-8-27-15)12-14-5-3-7-21-11-14/h3-11H,12-13H2,1-2H3. The van der Waals surface area contributed by atoms with Crippen LogP contribution in [0.4, 0.5) is 4.39 Å². The van der Waals surface area contributed by atoms with Crippen molar-refractivity contribution in [3.05, 3.63) is 72.2 Å². The van der Waals surface area contributed by atoms with Gasteiger partial charge in [-0.15, -0.1) is 0 Å². The molecule has 0 bridgehead atoms. The van der Waals surface area contributed by atoms with E-state index in [-0.39, 0.29) is 24.6 Å². The van der Waals surface area contributed by atoms with Gasteiger partial charge >= 0.3 is 0 Å². The second-order valence-electron chi connectivity index (χ2n) is 5.85. The number of benzene rings is 1. The van der Waals surface area contributed by atoms with Crippen LogP contribution in [-0.4, -0.2) is 31.9 Å². The highest BCUT2D eigenvalue weighted by Crippen LogP contribution is 2.34. The zero-order valence-corrected chi connectivity index (χ0v) is 16.1. The number of halogens is 1. The number of hydrogen-bond donors (Lipinski definition) is 0. The number of hydrogen-bond acceptors (Lipinski definition) is 6. The van der Waals surface area contributed by atoms with Crippen LogP contribution < -0.4 is 9.47 Å². The molecular formula is C19H19FN2O5S. The van der Waals surface area contributed by atoms with Gasteiger partial charge in [0.2, 0.25) is 10.0 Å². The molecule has 0 aliphatic heterocycles. The molecule has 0 aliphatic carbocycles. The number of methoxy groups -OCH3 is 2. The molecule has 0 saturated heterocycles. The topological polar surface area (TPSA) is 81.9 Å². The van der Waals surface area contributed by atoms with Gasteiger partial charge < -0.3 is 13.9 Å². The van der Waals surface area contributed by atoms with Gasteiger partial charge in [0.05, 0.1) is 27.0 Å². The molecule has 0 saturated carbocycles. The van der Waals surface area contributed by atoms with Gasteiger partial charge in [-0.1, -0.05) is 6.07 Å². The Kier molecular flexibility index (Phi) is 5.96. The maximum Gasteiger partial charge on any atom is 0.246 e. The van der Waals surface area contributed by atoms with Gasteiger partial charge in [-0.05, 0) is 23.8 Å². The fourth-order valence-electron chi connectivity index (χ4n) is 2.67. The Hall–Kier alpha value is -2.91. The highest BCUT2D eigenvalue weighted by atomic mass is 32.2. The van der Waals surface area contributed by atoms with Crippen LogP contribution in [0.1, 0.15) is 11.3 Å². The molecule has 0 fully saturated rings. The molecule has 0 atom stereocenters. The number of furan rings is 1. The molecule has 1 aromatic carbocycles. The Morgan fingerprint density at radius 2 is 1.86 bits per heavy atom. The number of ether oxygens (including phenoxy) is 2. The molecule has 2 heterocycles. The molecule has 28 heavy (non-hydrogen) atoms. The monoisotopic (exact) mass is 406 g/mol. The van der Waals surface area contributed by atoms with E-state index in [1.165, 1.54) is 20.5 Å². The fourth-order valence-corrected chi connectivity index (χ4v) is 4.13. The third kappa shape index (κ3) is 4.15. The molecule has 148 valence electrons. The summed E-state index contributed by atoms with van der Waals surface area (Å²) in [5, 5.41) is 0. The Bertz CT molecular complexity index is 1020. The largest absolute Gasteiger partial charge is 0.493 e. The third-order valence-electron chi connectivity index (χ3n) is 4.05.